The van der Waals surface area contributed by atoms with Crippen LogP contribution in [0.1, 0.15) is 0 Å². The Morgan fingerprint density at radius 2 is 1.43 bits per heavy atom. The molecule has 0 saturated carbocycles. The van der Waals surface area contributed by atoms with E-state index in [-0.39, 0.29) is 5.63 Å². The Kier molecular flexibility index (Phi) is 3.03. The van der Waals surface area contributed by atoms with Crippen molar-refractivity contribution in [1.29, 1.82) is 0 Å². The van der Waals surface area contributed by atoms with E-state index in [4.69, 9.17) is 4.42 Å². The normalized spacial score (nSPS) is 11.7. The molecule has 6 rings (SSSR count). The predicted octanol–water partition coefficient (Wildman–Crippen LogP) is 6.02. The molecule has 3 aromatic heterocycles. The van der Waals surface area contributed by atoms with Crippen molar-refractivity contribution in [2.45, 2.75) is 0 Å². The van der Waals surface area contributed by atoms with Gasteiger partial charge >= 0.3 is 5.63 Å². The van der Waals surface area contributed by atoms with Gasteiger partial charge in [0.15, 0.2) is 0 Å². The molecule has 3 nitrogen and oxygen atoms in total. The number of fused-ring (bicyclic) bond motifs is 7. The van der Waals surface area contributed by atoms with Crippen LogP contribution in [0.3, 0.4) is 0 Å². The van der Waals surface area contributed by atoms with Gasteiger partial charge in [0.2, 0.25) is 0 Å². The van der Waals surface area contributed by atoms with Crippen molar-refractivity contribution in [2.75, 3.05) is 0 Å². The molecule has 0 radical (unpaired) electrons. The summed E-state index contributed by atoms with van der Waals surface area (Å²) in [6, 6.07) is 30.3. The van der Waals surface area contributed by atoms with Crippen LogP contribution >= 0.6 is 0 Å². The van der Waals surface area contributed by atoms with E-state index in [1.165, 1.54) is 0 Å². The Labute approximate surface area is 160 Å². The summed E-state index contributed by atoms with van der Waals surface area (Å²) < 4.78 is 7.75. The van der Waals surface area contributed by atoms with E-state index < -0.39 is 0 Å². The van der Waals surface area contributed by atoms with Crippen molar-refractivity contribution in [3.8, 4) is 11.1 Å². The first kappa shape index (κ1) is 15.2. The molecular formula is C25H15NO2. The van der Waals surface area contributed by atoms with Crippen molar-refractivity contribution in [3.63, 3.8) is 0 Å². The van der Waals surface area contributed by atoms with Crippen LogP contribution in [0.5, 0.6) is 0 Å². The predicted molar refractivity (Wildman–Crippen MR) is 114 cm³/mol. The molecule has 28 heavy (non-hydrogen) atoms. The minimum atomic E-state index is -0.317. The van der Waals surface area contributed by atoms with Crippen molar-refractivity contribution < 1.29 is 4.42 Å². The summed E-state index contributed by atoms with van der Waals surface area (Å²) in [4.78, 5) is 13.1. The van der Waals surface area contributed by atoms with E-state index in [9.17, 15) is 4.79 Å². The van der Waals surface area contributed by atoms with Gasteiger partial charge in [-0.05, 0) is 29.1 Å². The summed E-state index contributed by atoms with van der Waals surface area (Å²) in [5.74, 6) is 0. The first-order chi connectivity index (χ1) is 13.8. The number of hydrogen-bond donors (Lipinski definition) is 0. The van der Waals surface area contributed by atoms with Gasteiger partial charge in [0, 0.05) is 16.3 Å². The second-order valence-corrected chi connectivity index (χ2v) is 6.96. The molecule has 0 N–H and O–H groups in total. The van der Waals surface area contributed by atoms with Gasteiger partial charge in [-0.25, -0.2) is 4.79 Å². The van der Waals surface area contributed by atoms with E-state index in [2.05, 4.69) is 30.3 Å². The first-order valence-electron chi connectivity index (χ1n) is 9.26. The van der Waals surface area contributed by atoms with Crippen molar-refractivity contribution in [3.05, 3.63) is 101 Å². The quantitative estimate of drug-likeness (QED) is 0.336. The Morgan fingerprint density at radius 3 is 2.32 bits per heavy atom. The summed E-state index contributed by atoms with van der Waals surface area (Å²) in [6.45, 7) is 0. The molecule has 0 fully saturated rings. The van der Waals surface area contributed by atoms with E-state index in [1.54, 1.807) is 0 Å². The Balaban J connectivity index is 2.01. The molecule has 3 heterocycles. The van der Waals surface area contributed by atoms with Gasteiger partial charge in [-0.1, -0.05) is 72.8 Å². The van der Waals surface area contributed by atoms with Gasteiger partial charge < -0.3 is 8.82 Å². The van der Waals surface area contributed by atoms with Gasteiger partial charge in [-0.2, -0.15) is 0 Å². The smallest absolute Gasteiger partial charge is 0.361 e. The topological polar surface area (TPSA) is 34.6 Å². The van der Waals surface area contributed by atoms with Gasteiger partial charge in [0.1, 0.15) is 11.1 Å². The van der Waals surface area contributed by atoms with Gasteiger partial charge in [-0.15, -0.1) is 0 Å². The zero-order valence-electron chi connectivity index (χ0n) is 14.9. The maximum Gasteiger partial charge on any atom is 0.361 e. The lowest BCUT2D eigenvalue weighted by atomic mass is 10.0. The highest BCUT2D eigenvalue weighted by Crippen LogP contribution is 2.39. The van der Waals surface area contributed by atoms with Gasteiger partial charge in [0.05, 0.1) is 11.0 Å². The largest absolute Gasteiger partial charge is 0.421 e. The number of aromatic nitrogens is 1. The molecule has 0 aliphatic heterocycles. The lowest BCUT2D eigenvalue weighted by Crippen LogP contribution is -2.03. The minimum absolute atomic E-state index is 0.317. The molecule has 0 atom stereocenters. The van der Waals surface area contributed by atoms with Crippen molar-refractivity contribution >= 4 is 38.3 Å². The molecule has 0 aliphatic rings. The van der Waals surface area contributed by atoms with Crippen LogP contribution in [0.4, 0.5) is 0 Å². The number of hydrogen-bond acceptors (Lipinski definition) is 2. The molecule has 3 aromatic carbocycles. The molecular weight excluding hydrogens is 346 g/mol. The van der Waals surface area contributed by atoms with Crippen LogP contribution in [0.2, 0.25) is 0 Å². The molecule has 6 aromatic rings. The fourth-order valence-corrected chi connectivity index (χ4v) is 4.26. The second kappa shape index (κ2) is 5.57. The molecule has 132 valence electrons. The summed E-state index contributed by atoms with van der Waals surface area (Å²) in [7, 11) is 0. The Morgan fingerprint density at radius 1 is 0.679 bits per heavy atom. The third-order valence-electron chi connectivity index (χ3n) is 5.42. The Bertz CT molecular complexity index is 1570. The second-order valence-electron chi connectivity index (χ2n) is 6.96. The first-order valence-corrected chi connectivity index (χ1v) is 9.26. The third kappa shape index (κ3) is 1.96. The molecule has 3 heteroatoms. The molecule has 0 amide bonds. The summed E-state index contributed by atoms with van der Waals surface area (Å²) in [5, 5.41) is 2.97. The van der Waals surface area contributed by atoms with Crippen molar-refractivity contribution in [2.24, 2.45) is 0 Å². The number of pyridine rings is 1. The maximum atomic E-state index is 13.1. The maximum absolute atomic E-state index is 13.1. The summed E-state index contributed by atoms with van der Waals surface area (Å²) in [5.41, 5.74) is 5.02. The fraction of sp³-hybridized carbons (Fsp3) is 0. The van der Waals surface area contributed by atoms with Gasteiger partial charge in [0.25, 0.3) is 0 Å². The highest BCUT2D eigenvalue weighted by molar-refractivity contribution is 6.18. The standard InChI is InChI=1S/C25H15NO2/c27-25-24-23(18-11-5-7-13-21(18)28-25)22(17-9-2-1-3-10-17)20-15-14-16-8-4-6-12-19(16)26(20)24/h1-15H. The van der Waals surface area contributed by atoms with Crippen LogP contribution < -0.4 is 5.63 Å². The van der Waals surface area contributed by atoms with Crippen molar-refractivity contribution in [1.82, 2.24) is 4.40 Å². The van der Waals surface area contributed by atoms with Crippen LogP contribution in [-0.4, -0.2) is 4.40 Å². The summed E-state index contributed by atoms with van der Waals surface area (Å²) in [6.07, 6.45) is 0. The zero-order valence-corrected chi connectivity index (χ0v) is 14.9. The average Bonchev–Trinajstić information content (AvgIpc) is 3.11. The molecule has 0 unspecified atom stereocenters. The molecule has 0 spiro atoms. The van der Waals surface area contributed by atoms with E-state index in [0.29, 0.717) is 11.1 Å². The number of nitrogens with zero attached hydrogens (tertiary/aromatic N) is 1. The van der Waals surface area contributed by atoms with E-state index in [1.807, 2.05) is 65.1 Å². The highest BCUT2D eigenvalue weighted by atomic mass is 16.4. The average molecular weight is 361 g/mol. The van der Waals surface area contributed by atoms with E-state index in [0.717, 1.165) is 38.3 Å². The number of para-hydroxylation sites is 2. The van der Waals surface area contributed by atoms with E-state index >= 15 is 0 Å². The molecule has 0 aliphatic carbocycles. The number of benzene rings is 3. The van der Waals surface area contributed by atoms with Crippen LogP contribution in [0.25, 0.3) is 49.4 Å². The highest BCUT2D eigenvalue weighted by Gasteiger charge is 2.21. The Hall–Kier alpha value is -3.85. The summed E-state index contributed by atoms with van der Waals surface area (Å²) >= 11 is 0. The lowest BCUT2D eigenvalue weighted by molar-refractivity contribution is 0.567. The van der Waals surface area contributed by atoms with Crippen LogP contribution in [-0.2, 0) is 0 Å². The molecule has 0 saturated heterocycles. The van der Waals surface area contributed by atoms with Crippen LogP contribution in [0.15, 0.2) is 100 Å². The zero-order chi connectivity index (χ0) is 18.7. The molecule has 0 bridgehead atoms. The number of rotatable bonds is 1. The SMILES string of the molecule is O=c1oc2ccccc2c2c(-c3ccccc3)c3ccc4ccccc4n3c12. The lowest BCUT2D eigenvalue weighted by Gasteiger charge is -2.05. The monoisotopic (exact) mass is 361 g/mol. The third-order valence-corrected chi connectivity index (χ3v) is 5.42. The minimum Gasteiger partial charge on any atom is -0.421 e. The van der Waals surface area contributed by atoms with Crippen LogP contribution in [0, 0.1) is 0 Å². The van der Waals surface area contributed by atoms with Gasteiger partial charge in [-0.3, -0.25) is 0 Å². The fourth-order valence-electron chi connectivity index (χ4n) is 4.26.